The maximum atomic E-state index is 12.2. The summed E-state index contributed by atoms with van der Waals surface area (Å²) in [6.07, 6.45) is -0.0589. The average molecular weight is 380 g/mol. The van der Waals surface area contributed by atoms with Crippen LogP contribution in [0.5, 0.6) is 5.75 Å². The molecule has 0 bridgehead atoms. The molecule has 1 aromatic heterocycles. The van der Waals surface area contributed by atoms with Crippen LogP contribution >= 0.6 is 0 Å². The fourth-order valence-corrected chi connectivity index (χ4v) is 2.91. The smallest absolute Gasteiger partial charge is 0.265 e. The largest absolute Gasteiger partial charge is 0.482 e. The van der Waals surface area contributed by atoms with Gasteiger partial charge in [-0.2, -0.15) is 0 Å². The number of aromatic nitrogens is 1. The second-order valence-corrected chi connectivity index (χ2v) is 6.13. The molecule has 142 valence electrons. The average Bonchev–Trinajstić information content (AvgIpc) is 3.11. The van der Waals surface area contributed by atoms with Crippen molar-refractivity contribution in [2.45, 2.75) is 6.42 Å². The first-order valence-corrected chi connectivity index (χ1v) is 8.55. The molecule has 28 heavy (non-hydrogen) atoms. The summed E-state index contributed by atoms with van der Waals surface area (Å²) in [5.74, 6) is -0.810. The van der Waals surface area contributed by atoms with E-state index in [2.05, 4.69) is 16.0 Å². The maximum absolute atomic E-state index is 12.2. The highest BCUT2D eigenvalue weighted by atomic mass is 16.5. The number of nitrogens with one attached hydrogen (secondary N) is 2. The van der Waals surface area contributed by atoms with Crippen LogP contribution in [0.1, 0.15) is 5.69 Å². The summed E-state index contributed by atoms with van der Waals surface area (Å²) in [5.41, 5.74) is 6.20. The fourth-order valence-electron chi connectivity index (χ4n) is 2.91. The van der Waals surface area contributed by atoms with Crippen molar-refractivity contribution in [1.29, 1.82) is 0 Å². The van der Waals surface area contributed by atoms with E-state index >= 15 is 0 Å². The summed E-state index contributed by atoms with van der Waals surface area (Å²) in [6, 6.07) is 14.1. The number of hydrogen-bond donors (Lipinski definition) is 2. The monoisotopic (exact) mass is 380 g/mol. The number of hydrogen-bond acceptors (Lipinski definition) is 6. The van der Waals surface area contributed by atoms with Crippen LogP contribution in [0, 0.1) is 0 Å². The predicted molar refractivity (Wildman–Crippen MR) is 98.3 cm³/mol. The van der Waals surface area contributed by atoms with Gasteiger partial charge in [0.15, 0.2) is 12.2 Å². The van der Waals surface area contributed by atoms with E-state index < -0.39 is 11.8 Å². The third-order valence-electron chi connectivity index (χ3n) is 4.23. The number of carbonyl (C=O) groups excluding carboxylic acids is 3. The van der Waals surface area contributed by atoms with Gasteiger partial charge in [0.2, 0.25) is 5.91 Å². The molecule has 0 saturated carbocycles. The lowest BCUT2D eigenvalue weighted by Crippen LogP contribution is -2.50. The summed E-state index contributed by atoms with van der Waals surface area (Å²) in [6.45, 7) is -0.387. The molecule has 3 aromatic rings. The Kier molecular flexibility index (Phi) is 4.63. The lowest BCUT2D eigenvalue weighted by atomic mass is 10.2. The Hall–Kier alpha value is -3.88. The number of carbonyl (C=O) groups is 3. The summed E-state index contributed by atoms with van der Waals surface area (Å²) < 4.78 is 10.5. The van der Waals surface area contributed by atoms with Gasteiger partial charge in [-0.15, -0.1) is 0 Å². The van der Waals surface area contributed by atoms with Crippen LogP contribution in [-0.4, -0.2) is 36.0 Å². The molecular formula is C19H16N4O5. The van der Waals surface area contributed by atoms with E-state index in [1.165, 1.54) is 4.90 Å². The van der Waals surface area contributed by atoms with Crippen LogP contribution in [0.2, 0.25) is 0 Å². The van der Waals surface area contributed by atoms with Gasteiger partial charge in [-0.3, -0.25) is 30.1 Å². The Morgan fingerprint density at radius 3 is 2.68 bits per heavy atom. The van der Waals surface area contributed by atoms with E-state index in [9.17, 15) is 14.4 Å². The Morgan fingerprint density at radius 2 is 1.79 bits per heavy atom. The Labute approximate surface area is 159 Å². The van der Waals surface area contributed by atoms with Gasteiger partial charge in [-0.1, -0.05) is 29.4 Å². The Bertz CT molecular complexity index is 1060. The molecule has 4 rings (SSSR count). The highest BCUT2D eigenvalue weighted by Crippen LogP contribution is 2.31. The van der Waals surface area contributed by atoms with Crippen molar-refractivity contribution in [3.05, 3.63) is 54.2 Å². The van der Waals surface area contributed by atoms with Crippen LogP contribution in [0.3, 0.4) is 0 Å². The summed E-state index contributed by atoms with van der Waals surface area (Å²) >= 11 is 0. The zero-order valence-corrected chi connectivity index (χ0v) is 14.7. The van der Waals surface area contributed by atoms with E-state index in [1.807, 2.05) is 12.1 Å². The zero-order chi connectivity index (χ0) is 19.5. The molecule has 9 nitrogen and oxygen atoms in total. The van der Waals surface area contributed by atoms with Gasteiger partial charge in [0.25, 0.3) is 11.8 Å². The molecule has 3 amide bonds. The predicted octanol–water partition coefficient (Wildman–Crippen LogP) is 0.943. The zero-order valence-electron chi connectivity index (χ0n) is 14.7. The van der Waals surface area contributed by atoms with Gasteiger partial charge in [-0.25, -0.2) is 0 Å². The maximum Gasteiger partial charge on any atom is 0.265 e. The SMILES string of the molecule is O=C(Cc1noc2ccccc12)NNC(=O)CN1C(=O)COc2ccccc21. The minimum atomic E-state index is -0.539. The standard InChI is InChI=1S/C19H16N4O5/c24-17(9-13-12-5-1-3-7-15(12)28-22-13)20-21-18(25)10-23-14-6-2-4-8-16(14)27-11-19(23)26/h1-8H,9-11H2,(H,20,24)(H,21,25). The molecule has 2 heterocycles. The minimum absolute atomic E-state index is 0.0589. The first-order valence-electron chi connectivity index (χ1n) is 8.55. The molecule has 2 aromatic carbocycles. The molecule has 0 radical (unpaired) electrons. The van der Waals surface area contributed by atoms with Crippen molar-refractivity contribution in [1.82, 2.24) is 16.0 Å². The Morgan fingerprint density at radius 1 is 1.04 bits per heavy atom. The molecule has 0 atom stereocenters. The lowest BCUT2D eigenvalue weighted by Gasteiger charge is -2.28. The number of hydrazine groups is 1. The number of amides is 3. The fraction of sp³-hybridized carbons (Fsp3) is 0.158. The second kappa shape index (κ2) is 7.39. The third-order valence-corrected chi connectivity index (χ3v) is 4.23. The van der Waals surface area contributed by atoms with Crippen LogP contribution in [0.4, 0.5) is 5.69 Å². The number of ether oxygens (including phenoxy) is 1. The van der Waals surface area contributed by atoms with Crippen LogP contribution < -0.4 is 20.5 Å². The molecule has 1 aliphatic heterocycles. The van der Waals surface area contributed by atoms with Crippen LogP contribution in [-0.2, 0) is 20.8 Å². The molecule has 2 N–H and O–H groups in total. The molecular weight excluding hydrogens is 364 g/mol. The second-order valence-electron chi connectivity index (χ2n) is 6.13. The number of nitrogens with zero attached hydrogens (tertiary/aromatic N) is 2. The molecule has 0 fully saturated rings. The Balaban J connectivity index is 1.34. The summed E-state index contributed by atoms with van der Waals surface area (Å²) in [4.78, 5) is 37.7. The number of rotatable bonds is 4. The van der Waals surface area contributed by atoms with Crippen molar-refractivity contribution in [3.63, 3.8) is 0 Å². The first kappa shape index (κ1) is 17.5. The number of anilines is 1. The quantitative estimate of drug-likeness (QED) is 0.652. The number of para-hydroxylation sites is 3. The molecule has 9 heteroatoms. The van der Waals surface area contributed by atoms with E-state index in [0.29, 0.717) is 22.7 Å². The third kappa shape index (κ3) is 3.50. The van der Waals surface area contributed by atoms with Gasteiger partial charge in [0, 0.05) is 5.39 Å². The first-order chi connectivity index (χ1) is 13.6. The van der Waals surface area contributed by atoms with Crippen LogP contribution in [0.15, 0.2) is 53.1 Å². The van der Waals surface area contributed by atoms with Gasteiger partial charge in [0.1, 0.15) is 18.0 Å². The van der Waals surface area contributed by atoms with E-state index in [1.54, 1.807) is 36.4 Å². The van der Waals surface area contributed by atoms with E-state index in [-0.39, 0.29) is 25.5 Å². The van der Waals surface area contributed by atoms with Crippen molar-refractivity contribution in [3.8, 4) is 5.75 Å². The minimum Gasteiger partial charge on any atom is -0.482 e. The highest BCUT2D eigenvalue weighted by molar-refractivity contribution is 6.02. The van der Waals surface area contributed by atoms with Crippen LogP contribution in [0.25, 0.3) is 11.0 Å². The molecule has 0 spiro atoms. The van der Waals surface area contributed by atoms with E-state index in [4.69, 9.17) is 9.26 Å². The highest BCUT2D eigenvalue weighted by Gasteiger charge is 2.27. The molecule has 0 saturated heterocycles. The van der Waals surface area contributed by atoms with Gasteiger partial charge >= 0.3 is 0 Å². The van der Waals surface area contributed by atoms with Crippen molar-refractivity contribution in [2.24, 2.45) is 0 Å². The van der Waals surface area contributed by atoms with Gasteiger partial charge in [-0.05, 0) is 24.3 Å². The number of benzene rings is 2. The lowest BCUT2D eigenvalue weighted by molar-refractivity contribution is -0.129. The van der Waals surface area contributed by atoms with E-state index in [0.717, 1.165) is 5.39 Å². The topological polar surface area (TPSA) is 114 Å². The van der Waals surface area contributed by atoms with Gasteiger partial charge < -0.3 is 9.26 Å². The van der Waals surface area contributed by atoms with Gasteiger partial charge in [0.05, 0.1) is 12.1 Å². The summed E-state index contributed by atoms with van der Waals surface area (Å²) in [7, 11) is 0. The van der Waals surface area contributed by atoms with Crippen molar-refractivity contribution < 1.29 is 23.6 Å². The molecule has 0 unspecified atom stereocenters. The molecule has 1 aliphatic rings. The van der Waals surface area contributed by atoms with Crippen molar-refractivity contribution >= 4 is 34.4 Å². The number of fused-ring (bicyclic) bond motifs is 2. The summed E-state index contributed by atoms with van der Waals surface area (Å²) in [5, 5.41) is 4.61. The van der Waals surface area contributed by atoms with Crippen molar-refractivity contribution in [2.75, 3.05) is 18.1 Å². The molecule has 0 aliphatic carbocycles. The normalized spacial score (nSPS) is 13.0.